The molecular formula is C18H36. The summed E-state index contributed by atoms with van der Waals surface area (Å²) >= 11 is 0. The Bertz CT molecular complexity index is 275. The fourth-order valence-electron chi connectivity index (χ4n) is 1.37. The van der Waals surface area contributed by atoms with E-state index in [-0.39, 0.29) is 14.9 Å². The van der Waals surface area contributed by atoms with Crippen LogP contribution in [0.25, 0.3) is 0 Å². The van der Waals surface area contributed by atoms with Gasteiger partial charge in [-0.05, 0) is 22.8 Å². The molecule has 0 aliphatic carbocycles. The highest BCUT2D eigenvalue weighted by atomic mass is 14.4. The molecule has 0 bridgehead atoms. The highest BCUT2D eigenvalue weighted by Gasteiger charge is 2.32. The summed E-state index contributed by atoms with van der Waals surface area (Å²) in [5.41, 5.74) is 2.13. The van der Waals surface area contributed by atoms with Gasteiger partial charge in [0.2, 0.25) is 0 Å². The first-order valence-electron chi connectivity index (χ1n) is 6.37. The van der Waals surface area contributed by atoms with Crippen molar-refractivity contribution in [3.8, 4) is 0 Å². The molecule has 0 amide bonds. The molecule has 18 heavy (non-hydrogen) atoms. The molecule has 0 aromatic heterocycles. The third kappa shape index (κ3) is 6.83. The molecule has 0 fully saturated rings. The van der Waals surface area contributed by atoms with Crippen molar-refractivity contribution in [1.29, 1.82) is 0 Å². The van der Waals surface area contributed by atoms with Crippen LogP contribution in [0.3, 0.4) is 0 Å². The van der Waals surface area contributed by atoms with E-state index < -0.39 is 0 Å². The summed E-state index contributed by atoms with van der Waals surface area (Å²) in [5, 5.41) is 0. The van der Waals surface area contributed by atoms with Crippen molar-refractivity contribution in [1.82, 2.24) is 0 Å². The van der Waals surface area contributed by atoms with Gasteiger partial charge < -0.3 is 0 Å². The van der Waals surface area contributed by atoms with Crippen molar-refractivity contribution in [3.63, 3.8) is 0 Å². The summed E-state index contributed by atoms with van der Waals surface area (Å²) < 4.78 is 0. The van der Waals surface area contributed by atoms with Gasteiger partial charge in [-0.3, -0.25) is 0 Å². The summed E-state index contributed by atoms with van der Waals surface area (Å²) in [5.74, 6) is 0. The number of hydrogen-bond acceptors (Lipinski definition) is 0. The van der Waals surface area contributed by atoms with Crippen LogP contribution < -0.4 is 0 Å². The van der Waals surface area contributed by atoms with Gasteiger partial charge in [0.15, 0.2) is 0 Å². The molecule has 0 saturated carbocycles. The van der Waals surface area contributed by atoms with E-state index in [1.807, 2.05) is 13.8 Å². The molecule has 0 N–H and O–H groups in total. The van der Waals surface area contributed by atoms with Gasteiger partial charge in [-0.25, -0.2) is 0 Å². The van der Waals surface area contributed by atoms with Crippen LogP contribution in [0, 0.1) is 10.8 Å². The van der Waals surface area contributed by atoms with E-state index in [4.69, 9.17) is 0 Å². The van der Waals surface area contributed by atoms with E-state index in [9.17, 15) is 0 Å². The zero-order valence-electron chi connectivity index (χ0n) is 12.1. The second-order valence-corrected chi connectivity index (χ2v) is 5.80. The van der Waals surface area contributed by atoms with Crippen LogP contribution in [-0.2, 0) is 6.42 Å². The lowest BCUT2D eigenvalue weighted by molar-refractivity contribution is 0.132. The fraction of sp³-hybridized carbons (Fsp3) is 0.667. The molecule has 1 aromatic carbocycles. The van der Waals surface area contributed by atoms with Crippen molar-refractivity contribution >= 4 is 0 Å². The van der Waals surface area contributed by atoms with Crippen LogP contribution in [0.4, 0.5) is 0 Å². The maximum atomic E-state index is 2.35. The molecule has 0 aliphatic heterocycles. The van der Waals surface area contributed by atoms with Crippen molar-refractivity contribution in [3.05, 3.63) is 35.9 Å². The van der Waals surface area contributed by atoms with Gasteiger partial charge in [0.05, 0.1) is 0 Å². The standard InChI is InChI=1S/C14H22.C2H6.2CH4/c1-13(2,3)14(4,5)11-12-9-7-6-8-10-12;1-2;;/h6-10H,11H2,1-5H3;1-2H3;2*1H4. The third-order valence-electron chi connectivity index (χ3n) is 3.52. The predicted octanol–water partition coefficient (Wildman–Crippen LogP) is 6.60. The molecule has 1 aromatic rings. The zero-order valence-corrected chi connectivity index (χ0v) is 12.1. The number of benzene rings is 1. The second-order valence-electron chi connectivity index (χ2n) is 5.80. The van der Waals surface area contributed by atoms with E-state index in [2.05, 4.69) is 65.0 Å². The van der Waals surface area contributed by atoms with Crippen LogP contribution in [0.2, 0.25) is 0 Å². The summed E-state index contributed by atoms with van der Waals surface area (Å²) in [4.78, 5) is 0. The third-order valence-corrected chi connectivity index (χ3v) is 3.52. The van der Waals surface area contributed by atoms with Crippen molar-refractivity contribution in [2.45, 2.75) is 69.7 Å². The van der Waals surface area contributed by atoms with Crippen molar-refractivity contribution in [2.24, 2.45) is 10.8 Å². The number of rotatable bonds is 2. The van der Waals surface area contributed by atoms with Crippen molar-refractivity contribution in [2.75, 3.05) is 0 Å². The van der Waals surface area contributed by atoms with Gasteiger partial charge in [0.1, 0.15) is 0 Å². The van der Waals surface area contributed by atoms with Crippen LogP contribution in [-0.4, -0.2) is 0 Å². The average Bonchev–Trinajstić information content (AvgIpc) is 2.20. The molecule has 0 saturated heterocycles. The lowest BCUT2D eigenvalue weighted by Gasteiger charge is -2.39. The van der Waals surface area contributed by atoms with E-state index in [0.29, 0.717) is 10.8 Å². The first-order valence-corrected chi connectivity index (χ1v) is 6.37. The van der Waals surface area contributed by atoms with Gasteiger partial charge in [-0.15, -0.1) is 0 Å². The smallest absolute Gasteiger partial charge is 0.0222 e. The first kappa shape index (κ1) is 22.4. The summed E-state index contributed by atoms with van der Waals surface area (Å²) in [6.45, 7) is 15.6. The Morgan fingerprint density at radius 3 is 1.50 bits per heavy atom. The summed E-state index contributed by atoms with van der Waals surface area (Å²) in [7, 11) is 0. The normalized spacial score (nSPS) is 10.4. The molecule has 0 atom stereocenters. The van der Waals surface area contributed by atoms with E-state index in [0.717, 1.165) is 6.42 Å². The maximum Gasteiger partial charge on any atom is -0.0222 e. The summed E-state index contributed by atoms with van der Waals surface area (Å²) in [6.07, 6.45) is 1.15. The molecule has 108 valence electrons. The largest absolute Gasteiger partial charge is 0.0776 e. The highest BCUT2D eigenvalue weighted by Crippen LogP contribution is 2.40. The lowest BCUT2D eigenvalue weighted by Crippen LogP contribution is -2.31. The minimum Gasteiger partial charge on any atom is -0.0776 e. The molecule has 0 heteroatoms. The Hall–Kier alpha value is -0.780. The zero-order chi connectivity index (χ0) is 12.8. The molecule has 1 rings (SSSR count). The molecule has 0 nitrogen and oxygen atoms in total. The predicted molar refractivity (Wildman–Crippen MR) is 88.2 cm³/mol. The van der Waals surface area contributed by atoms with Crippen molar-refractivity contribution < 1.29 is 0 Å². The molecular weight excluding hydrogens is 216 g/mol. The van der Waals surface area contributed by atoms with Gasteiger partial charge in [0, 0.05) is 0 Å². The van der Waals surface area contributed by atoms with E-state index in [1.165, 1.54) is 5.56 Å². The average molecular weight is 252 g/mol. The van der Waals surface area contributed by atoms with Crippen LogP contribution in [0.5, 0.6) is 0 Å². The van der Waals surface area contributed by atoms with Gasteiger partial charge in [-0.2, -0.15) is 0 Å². The molecule has 0 aliphatic rings. The Morgan fingerprint density at radius 1 is 0.778 bits per heavy atom. The Balaban J connectivity index is -0.000000534. The Morgan fingerprint density at radius 2 is 1.17 bits per heavy atom. The molecule has 0 radical (unpaired) electrons. The van der Waals surface area contributed by atoms with Crippen LogP contribution in [0.15, 0.2) is 30.3 Å². The SMILES string of the molecule is C.C.CC.CC(C)(C)C(C)(C)Cc1ccccc1. The van der Waals surface area contributed by atoms with Crippen LogP contribution in [0.1, 0.15) is 68.9 Å². The van der Waals surface area contributed by atoms with E-state index in [1.54, 1.807) is 0 Å². The van der Waals surface area contributed by atoms with Gasteiger partial charge in [0.25, 0.3) is 0 Å². The maximum absolute atomic E-state index is 2.35. The minimum absolute atomic E-state index is 0. The Labute approximate surface area is 117 Å². The minimum atomic E-state index is 0. The quantitative estimate of drug-likeness (QED) is 0.556. The Kier molecular flexibility index (Phi) is 11.4. The highest BCUT2D eigenvalue weighted by molar-refractivity contribution is 5.16. The first-order chi connectivity index (χ1) is 7.33. The topological polar surface area (TPSA) is 0 Å². The summed E-state index contributed by atoms with van der Waals surface area (Å²) in [6, 6.07) is 10.7. The fourth-order valence-corrected chi connectivity index (χ4v) is 1.37. The monoisotopic (exact) mass is 252 g/mol. The molecule has 0 heterocycles. The lowest BCUT2D eigenvalue weighted by atomic mass is 9.66. The van der Waals surface area contributed by atoms with Gasteiger partial charge in [-0.1, -0.05) is 93.7 Å². The second kappa shape index (κ2) is 9.19. The van der Waals surface area contributed by atoms with Crippen LogP contribution >= 0.6 is 0 Å². The molecule has 0 unspecified atom stereocenters. The number of hydrogen-bond donors (Lipinski definition) is 0. The van der Waals surface area contributed by atoms with Gasteiger partial charge >= 0.3 is 0 Å². The molecule has 0 spiro atoms. The van der Waals surface area contributed by atoms with E-state index >= 15 is 0 Å².